The molecule has 0 atom stereocenters. The minimum Gasteiger partial charge on any atom is -1.00 e. The SMILES string of the molecule is C#N.O.[H-].[K+].[Pd]. The summed E-state index contributed by atoms with van der Waals surface area (Å²) in [5, 5.41) is 6.50. The van der Waals surface area contributed by atoms with Crippen LogP contribution in [0.15, 0.2) is 0 Å². The van der Waals surface area contributed by atoms with E-state index in [2.05, 4.69) is 6.57 Å². The Kier molecular flexibility index (Phi) is 250. The predicted octanol–water partition coefficient (Wildman–Crippen LogP) is -3.57. The molecule has 0 aromatic carbocycles. The number of hydrogen-bond acceptors (Lipinski definition) is 1. The van der Waals surface area contributed by atoms with Crippen LogP contribution >= 0.6 is 0 Å². The van der Waals surface area contributed by atoms with Crippen molar-refractivity contribution in [3.63, 3.8) is 0 Å². The first-order chi connectivity index (χ1) is 1.00. The van der Waals surface area contributed by atoms with Crippen molar-refractivity contribution in [3.05, 3.63) is 0 Å². The Morgan fingerprint density at radius 1 is 1.40 bits per heavy atom. The monoisotopic (exact) mass is 191 g/mol. The molecule has 0 saturated heterocycles. The average Bonchev–Trinajstić information content (AvgIpc) is 1.00. The zero-order valence-electron chi connectivity index (χ0n) is 3.84. The van der Waals surface area contributed by atoms with Crippen molar-refractivity contribution in [2.24, 2.45) is 0 Å². The van der Waals surface area contributed by atoms with E-state index in [1.807, 2.05) is 0 Å². The molecule has 0 heterocycles. The van der Waals surface area contributed by atoms with Gasteiger partial charge in [-0.25, -0.2) is 5.26 Å². The van der Waals surface area contributed by atoms with Crippen LogP contribution in [0.4, 0.5) is 0 Å². The van der Waals surface area contributed by atoms with Crippen LogP contribution in [0.3, 0.4) is 0 Å². The summed E-state index contributed by atoms with van der Waals surface area (Å²) >= 11 is 0. The predicted molar refractivity (Wildman–Crippen MR) is 11.4 cm³/mol. The summed E-state index contributed by atoms with van der Waals surface area (Å²) in [6.45, 7) is 3.50. The van der Waals surface area contributed by atoms with Crippen LogP contribution in [0.5, 0.6) is 0 Å². The first kappa shape index (κ1) is 29.5. The summed E-state index contributed by atoms with van der Waals surface area (Å²) < 4.78 is 0. The molecule has 0 aromatic heterocycles. The fourth-order valence-electron chi connectivity index (χ4n) is 0. The first-order valence-corrected chi connectivity index (χ1v) is 0.258. The van der Waals surface area contributed by atoms with E-state index in [1.54, 1.807) is 0 Å². The van der Waals surface area contributed by atoms with Gasteiger partial charge < -0.3 is 6.90 Å². The van der Waals surface area contributed by atoms with E-state index in [0.29, 0.717) is 0 Å². The summed E-state index contributed by atoms with van der Waals surface area (Å²) in [6.07, 6.45) is 0. The van der Waals surface area contributed by atoms with Crippen LogP contribution in [0.1, 0.15) is 1.43 Å². The Bertz CT molecular complexity index is 20.3. The van der Waals surface area contributed by atoms with Crippen LogP contribution in [-0.4, -0.2) is 5.48 Å². The number of nitrogens with zero attached hydrogens (tertiary/aromatic N) is 1. The number of hydrogen-bond donors (Lipinski definition) is 0. The molecular weight excluding hydrogens is 188 g/mol. The summed E-state index contributed by atoms with van der Waals surface area (Å²) in [7, 11) is 0. The molecule has 0 aliphatic carbocycles. The van der Waals surface area contributed by atoms with Crippen LogP contribution < -0.4 is 51.4 Å². The van der Waals surface area contributed by atoms with E-state index < -0.39 is 0 Å². The molecule has 0 aliphatic heterocycles. The van der Waals surface area contributed by atoms with Crippen LogP contribution in [0, 0.1) is 11.8 Å². The molecule has 0 bridgehead atoms. The van der Waals surface area contributed by atoms with Gasteiger partial charge in [0.1, 0.15) is 0 Å². The third kappa shape index (κ3) is 26.4. The topological polar surface area (TPSA) is 55.3 Å². The Morgan fingerprint density at radius 2 is 1.40 bits per heavy atom. The Morgan fingerprint density at radius 3 is 1.40 bits per heavy atom. The molecule has 0 radical (unpaired) electrons. The maximum Gasteiger partial charge on any atom is 1.00 e. The third-order valence-electron chi connectivity index (χ3n) is 0. The molecule has 0 aromatic rings. The molecule has 0 spiro atoms. The maximum absolute atomic E-state index is 6.50. The zero-order valence-corrected chi connectivity index (χ0v) is 7.52. The van der Waals surface area contributed by atoms with Gasteiger partial charge in [0.05, 0.1) is 0 Å². The summed E-state index contributed by atoms with van der Waals surface area (Å²) in [4.78, 5) is 0. The Hall–Kier alpha value is 1.75. The maximum atomic E-state index is 6.50. The second-order valence-corrected chi connectivity index (χ2v) is 0. The van der Waals surface area contributed by atoms with Crippen molar-refractivity contribution >= 4 is 0 Å². The van der Waals surface area contributed by atoms with Gasteiger partial charge in [-0.1, -0.05) is 0 Å². The smallest absolute Gasteiger partial charge is 1.00 e. The second-order valence-electron chi connectivity index (χ2n) is 0. The van der Waals surface area contributed by atoms with E-state index in [-0.39, 0.29) is 78.7 Å². The zero-order chi connectivity index (χ0) is 2.00. The fourth-order valence-corrected chi connectivity index (χ4v) is 0. The molecule has 5 heavy (non-hydrogen) atoms. The standard InChI is InChI=1S/CHN.K.H2O.Pd.H/c1-2;;;;/h1H;;1H2;;/q;+1;;;-1. The normalized spacial score (nSPS) is 0.400. The molecule has 0 fully saturated rings. The molecule has 2 nitrogen and oxygen atoms in total. The van der Waals surface area contributed by atoms with Crippen molar-refractivity contribution in [2.75, 3.05) is 0 Å². The van der Waals surface area contributed by atoms with Gasteiger partial charge in [0.25, 0.3) is 0 Å². The van der Waals surface area contributed by atoms with Crippen molar-refractivity contribution in [3.8, 4) is 6.57 Å². The van der Waals surface area contributed by atoms with Gasteiger partial charge in [0.15, 0.2) is 0 Å². The molecule has 0 rings (SSSR count). The molecule has 0 unspecified atom stereocenters. The van der Waals surface area contributed by atoms with Crippen molar-refractivity contribution < 1.29 is 78.7 Å². The molecular formula is CH4KNOPd. The third-order valence-corrected chi connectivity index (χ3v) is 0. The van der Waals surface area contributed by atoms with Gasteiger partial charge in [-0.3, -0.25) is 0 Å². The van der Waals surface area contributed by atoms with E-state index in [9.17, 15) is 0 Å². The van der Waals surface area contributed by atoms with Crippen LogP contribution in [0.2, 0.25) is 0 Å². The van der Waals surface area contributed by atoms with Gasteiger partial charge in [-0.05, 0) is 0 Å². The second kappa shape index (κ2) is 42.4. The van der Waals surface area contributed by atoms with E-state index in [4.69, 9.17) is 5.26 Å². The molecule has 2 N–H and O–H groups in total. The largest absolute Gasteiger partial charge is 1.00 e. The minimum atomic E-state index is 0. The quantitative estimate of drug-likeness (QED) is 0.366. The average molecular weight is 192 g/mol. The summed E-state index contributed by atoms with van der Waals surface area (Å²) in [6, 6.07) is 0. The van der Waals surface area contributed by atoms with E-state index >= 15 is 0 Å². The van der Waals surface area contributed by atoms with Gasteiger partial charge in [-0.15, -0.1) is 0 Å². The fraction of sp³-hybridized carbons (Fsp3) is 0. The van der Waals surface area contributed by atoms with E-state index in [0.717, 1.165) is 0 Å². The van der Waals surface area contributed by atoms with Crippen LogP contribution in [-0.2, 0) is 20.4 Å². The van der Waals surface area contributed by atoms with Crippen molar-refractivity contribution in [2.45, 2.75) is 0 Å². The molecule has 0 amide bonds. The summed E-state index contributed by atoms with van der Waals surface area (Å²) in [5.41, 5.74) is 0. The van der Waals surface area contributed by atoms with Crippen LogP contribution in [0.25, 0.3) is 0 Å². The number of rotatable bonds is 0. The first-order valence-electron chi connectivity index (χ1n) is 0.258. The molecule has 0 saturated carbocycles. The minimum absolute atomic E-state index is 0. The summed E-state index contributed by atoms with van der Waals surface area (Å²) in [5.74, 6) is 0. The van der Waals surface area contributed by atoms with E-state index in [1.165, 1.54) is 0 Å². The van der Waals surface area contributed by atoms with Crippen molar-refractivity contribution in [1.82, 2.24) is 0 Å². The molecule has 0 aliphatic rings. The Balaban J connectivity index is -0.000000000833. The van der Waals surface area contributed by atoms with Gasteiger partial charge in [0, 0.05) is 27.0 Å². The Labute approximate surface area is 88.8 Å². The van der Waals surface area contributed by atoms with Crippen molar-refractivity contribution in [1.29, 1.82) is 5.26 Å². The van der Waals surface area contributed by atoms with Gasteiger partial charge in [-0.2, -0.15) is 0 Å². The molecule has 4 heteroatoms. The molecule has 30 valence electrons. The number of nitriles is 1. The van der Waals surface area contributed by atoms with Gasteiger partial charge >= 0.3 is 51.4 Å². The van der Waals surface area contributed by atoms with Gasteiger partial charge in [0.2, 0.25) is 0 Å².